The topological polar surface area (TPSA) is 120 Å². The number of hydrogen-bond donors (Lipinski definition) is 0. The Morgan fingerprint density at radius 1 is 1.46 bits per heavy atom. The SMILES string of the molecule is CN(CCC#N)C(=O)COC(=O)C1=CN2CCS(=O)(=O)N=C2C=C1. The number of fused-ring (bicyclic) bond motifs is 1. The number of rotatable bonds is 5. The fourth-order valence-electron chi connectivity index (χ4n) is 1.98. The zero-order chi connectivity index (χ0) is 17.7. The third-order valence-corrected chi connectivity index (χ3v) is 4.53. The van der Waals surface area contributed by atoms with Gasteiger partial charge in [0.2, 0.25) is 0 Å². The van der Waals surface area contributed by atoms with Crippen LogP contribution in [0, 0.1) is 11.3 Å². The van der Waals surface area contributed by atoms with Crippen molar-refractivity contribution in [1.29, 1.82) is 5.26 Å². The molecule has 10 heteroatoms. The van der Waals surface area contributed by atoms with Crippen LogP contribution in [0.1, 0.15) is 6.42 Å². The summed E-state index contributed by atoms with van der Waals surface area (Å²) in [6.07, 6.45) is 4.44. The summed E-state index contributed by atoms with van der Waals surface area (Å²) in [7, 11) is -1.94. The molecule has 0 aromatic heterocycles. The van der Waals surface area contributed by atoms with Gasteiger partial charge < -0.3 is 14.5 Å². The molecule has 9 nitrogen and oxygen atoms in total. The first-order chi connectivity index (χ1) is 11.3. The standard InChI is InChI=1S/C14H16N4O5S/c1-17(6-2-5-15)13(19)10-23-14(20)11-3-4-12-16-24(21,22)8-7-18(12)9-11/h3-4,9H,2,6-8,10H2,1H3. The monoisotopic (exact) mass is 352 g/mol. The maximum atomic E-state index is 12.0. The highest BCUT2D eigenvalue weighted by atomic mass is 32.2. The Morgan fingerprint density at radius 3 is 2.92 bits per heavy atom. The van der Waals surface area contributed by atoms with Gasteiger partial charge in [-0.1, -0.05) is 0 Å². The summed E-state index contributed by atoms with van der Waals surface area (Å²) >= 11 is 0. The average Bonchev–Trinajstić information content (AvgIpc) is 2.55. The molecule has 2 aliphatic heterocycles. The van der Waals surface area contributed by atoms with Crippen molar-refractivity contribution in [3.63, 3.8) is 0 Å². The highest BCUT2D eigenvalue weighted by molar-refractivity contribution is 7.90. The molecule has 0 fully saturated rings. The lowest BCUT2D eigenvalue weighted by molar-refractivity contribution is -0.148. The van der Waals surface area contributed by atoms with Gasteiger partial charge in [-0.25, -0.2) is 13.2 Å². The molecule has 1 amide bonds. The van der Waals surface area contributed by atoms with Gasteiger partial charge in [0.1, 0.15) is 5.84 Å². The summed E-state index contributed by atoms with van der Waals surface area (Å²) in [5, 5.41) is 8.47. The fraction of sp³-hybridized carbons (Fsp3) is 0.429. The zero-order valence-electron chi connectivity index (χ0n) is 13.0. The minimum atomic E-state index is -3.45. The first kappa shape index (κ1) is 17.7. The third kappa shape index (κ3) is 4.42. The second-order valence-corrected chi connectivity index (χ2v) is 6.90. The zero-order valence-corrected chi connectivity index (χ0v) is 13.8. The van der Waals surface area contributed by atoms with Crippen molar-refractivity contribution in [1.82, 2.24) is 9.80 Å². The van der Waals surface area contributed by atoms with E-state index in [4.69, 9.17) is 10.00 Å². The van der Waals surface area contributed by atoms with Crippen LogP contribution in [0.2, 0.25) is 0 Å². The smallest absolute Gasteiger partial charge is 0.340 e. The van der Waals surface area contributed by atoms with Gasteiger partial charge in [-0.3, -0.25) is 4.79 Å². The molecule has 0 saturated heterocycles. The van der Waals surface area contributed by atoms with Crippen molar-refractivity contribution in [3.05, 3.63) is 23.9 Å². The Kier molecular flexibility index (Phi) is 5.35. The fourth-order valence-corrected chi connectivity index (χ4v) is 2.95. The molecule has 2 heterocycles. The van der Waals surface area contributed by atoms with Crippen molar-refractivity contribution in [2.75, 3.05) is 32.5 Å². The van der Waals surface area contributed by atoms with E-state index in [1.54, 1.807) is 4.90 Å². The van der Waals surface area contributed by atoms with Gasteiger partial charge in [0.25, 0.3) is 15.9 Å². The number of likely N-dealkylation sites (N-methyl/N-ethyl adjacent to an activating group) is 1. The van der Waals surface area contributed by atoms with Gasteiger partial charge in [0.05, 0.1) is 23.8 Å². The molecule has 0 aromatic rings. The van der Waals surface area contributed by atoms with Gasteiger partial charge >= 0.3 is 5.97 Å². The van der Waals surface area contributed by atoms with E-state index in [2.05, 4.69) is 4.40 Å². The Bertz CT molecular complexity index is 775. The van der Waals surface area contributed by atoms with E-state index >= 15 is 0 Å². The minimum Gasteiger partial charge on any atom is -0.452 e. The number of esters is 1. The molecule has 24 heavy (non-hydrogen) atoms. The Labute approximate surface area is 139 Å². The Hall–Kier alpha value is -2.67. The maximum absolute atomic E-state index is 12.0. The number of nitriles is 1. The molecule has 0 unspecified atom stereocenters. The van der Waals surface area contributed by atoms with Crippen molar-refractivity contribution < 1.29 is 22.7 Å². The largest absolute Gasteiger partial charge is 0.452 e. The van der Waals surface area contributed by atoms with E-state index in [9.17, 15) is 18.0 Å². The lowest BCUT2D eigenvalue weighted by Gasteiger charge is -2.26. The lowest BCUT2D eigenvalue weighted by atomic mass is 10.2. The van der Waals surface area contributed by atoms with E-state index in [0.717, 1.165) is 0 Å². The summed E-state index contributed by atoms with van der Waals surface area (Å²) in [6.45, 7) is 0.0247. The number of carbonyl (C=O) groups is 2. The van der Waals surface area contributed by atoms with Crippen molar-refractivity contribution in [2.45, 2.75) is 6.42 Å². The molecule has 2 rings (SSSR count). The van der Waals surface area contributed by atoms with Crippen LogP contribution in [0.5, 0.6) is 0 Å². The van der Waals surface area contributed by atoms with Crippen LogP contribution in [0.25, 0.3) is 0 Å². The highest BCUT2D eigenvalue weighted by Gasteiger charge is 2.25. The molecule has 0 N–H and O–H groups in total. The third-order valence-electron chi connectivity index (χ3n) is 3.37. The molecule has 0 radical (unpaired) electrons. The summed E-state index contributed by atoms with van der Waals surface area (Å²) in [5.74, 6) is -0.998. The molecular weight excluding hydrogens is 336 g/mol. The molecule has 0 saturated carbocycles. The lowest BCUT2D eigenvalue weighted by Crippen LogP contribution is -2.37. The quantitative estimate of drug-likeness (QED) is 0.606. The number of hydrogen-bond acceptors (Lipinski definition) is 7. The van der Waals surface area contributed by atoms with Gasteiger partial charge in [-0.05, 0) is 12.2 Å². The van der Waals surface area contributed by atoms with Crippen LogP contribution in [-0.4, -0.2) is 68.4 Å². The predicted molar refractivity (Wildman–Crippen MR) is 84.0 cm³/mol. The van der Waals surface area contributed by atoms with E-state index in [1.807, 2.05) is 6.07 Å². The van der Waals surface area contributed by atoms with E-state index in [0.29, 0.717) is 0 Å². The number of ether oxygens (including phenoxy) is 1. The summed E-state index contributed by atoms with van der Waals surface area (Å²) in [5.41, 5.74) is 0.195. The highest BCUT2D eigenvalue weighted by Crippen LogP contribution is 2.16. The predicted octanol–water partition coefficient (Wildman–Crippen LogP) is -0.601. The molecule has 128 valence electrons. The summed E-state index contributed by atoms with van der Waals surface area (Å²) in [4.78, 5) is 26.6. The van der Waals surface area contributed by atoms with Crippen LogP contribution in [-0.2, 0) is 24.3 Å². The average molecular weight is 352 g/mol. The van der Waals surface area contributed by atoms with E-state index in [-0.39, 0.29) is 36.7 Å². The molecular formula is C14H16N4O5S. The number of nitrogens with zero attached hydrogens (tertiary/aromatic N) is 4. The van der Waals surface area contributed by atoms with Crippen LogP contribution < -0.4 is 0 Å². The molecule has 0 aliphatic carbocycles. The number of amidine groups is 1. The van der Waals surface area contributed by atoms with E-state index in [1.165, 1.54) is 30.3 Å². The number of carbonyl (C=O) groups excluding carboxylic acids is 2. The Morgan fingerprint density at radius 2 is 2.21 bits per heavy atom. The molecule has 0 spiro atoms. The number of amides is 1. The van der Waals surface area contributed by atoms with Crippen LogP contribution in [0.4, 0.5) is 0 Å². The van der Waals surface area contributed by atoms with Crippen molar-refractivity contribution in [2.24, 2.45) is 4.40 Å². The second kappa shape index (κ2) is 7.27. The van der Waals surface area contributed by atoms with Gasteiger partial charge in [0, 0.05) is 26.3 Å². The van der Waals surface area contributed by atoms with Crippen LogP contribution >= 0.6 is 0 Å². The maximum Gasteiger partial charge on any atom is 0.340 e. The summed E-state index contributed by atoms with van der Waals surface area (Å²) in [6, 6.07) is 1.92. The minimum absolute atomic E-state index is 0.134. The molecule has 0 aromatic carbocycles. The second-order valence-electron chi connectivity index (χ2n) is 5.15. The normalized spacial score (nSPS) is 17.9. The van der Waals surface area contributed by atoms with E-state index < -0.39 is 28.5 Å². The van der Waals surface area contributed by atoms with Gasteiger partial charge in [-0.2, -0.15) is 5.26 Å². The number of sulfonamides is 1. The summed E-state index contributed by atoms with van der Waals surface area (Å²) < 4.78 is 31.4. The molecule has 0 bridgehead atoms. The van der Waals surface area contributed by atoms with Crippen molar-refractivity contribution in [3.8, 4) is 6.07 Å². The first-order valence-corrected chi connectivity index (χ1v) is 8.70. The van der Waals surface area contributed by atoms with Crippen molar-refractivity contribution >= 4 is 27.7 Å². The van der Waals surface area contributed by atoms with Crippen LogP contribution in [0.3, 0.4) is 0 Å². The Balaban J connectivity index is 1.93. The van der Waals surface area contributed by atoms with Gasteiger partial charge in [-0.15, -0.1) is 4.40 Å². The molecule has 2 aliphatic rings. The first-order valence-electron chi connectivity index (χ1n) is 7.09. The molecule has 0 atom stereocenters. The van der Waals surface area contributed by atoms with Gasteiger partial charge in [0.15, 0.2) is 6.61 Å². The van der Waals surface area contributed by atoms with Crippen LogP contribution in [0.15, 0.2) is 28.3 Å².